The van der Waals surface area contributed by atoms with Crippen molar-refractivity contribution in [3.8, 4) is 11.6 Å². The van der Waals surface area contributed by atoms with E-state index in [9.17, 15) is 22.0 Å². The first-order valence-electron chi connectivity index (χ1n) is 5.64. The number of ether oxygens (including phenoxy) is 1. The first-order chi connectivity index (χ1) is 9.81. The maximum Gasteiger partial charge on any atom is 0.419 e. The molecule has 0 fully saturated rings. The van der Waals surface area contributed by atoms with E-state index in [1.807, 2.05) is 0 Å². The van der Waals surface area contributed by atoms with Crippen LogP contribution in [0.25, 0.3) is 6.08 Å². The summed E-state index contributed by atoms with van der Waals surface area (Å²) in [5.74, 6) is -3.20. The molecular formula is C14H8F5NO. The number of pyridine rings is 1. The van der Waals surface area contributed by atoms with E-state index < -0.39 is 29.3 Å². The standard InChI is InChI=1S/C14H8F5NO/c1-2-8-5-12(16)13(20-7-8)21-9-3-4-11(15)10(6-9)14(17,18)19/h2-7H,1H2. The van der Waals surface area contributed by atoms with Crippen LogP contribution in [0.2, 0.25) is 0 Å². The second kappa shape index (κ2) is 5.51. The predicted octanol–water partition coefficient (Wildman–Crippen LogP) is 4.81. The maximum absolute atomic E-state index is 13.6. The average Bonchev–Trinajstić information content (AvgIpc) is 2.41. The third kappa shape index (κ3) is 3.36. The fourth-order valence-electron chi connectivity index (χ4n) is 1.52. The van der Waals surface area contributed by atoms with Gasteiger partial charge in [-0.2, -0.15) is 13.2 Å². The van der Waals surface area contributed by atoms with Gasteiger partial charge < -0.3 is 4.74 Å². The van der Waals surface area contributed by atoms with Crippen LogP contribution in [0.3, 0.4) is 0 Å². The molecule has 0 aliphatic rings. The molecule has 0 saturated heterocycles. The summed E-state index contributed by atoms with van der Waals surface area (Å²) in [5.41, 5.74) is -1.11. The van der Waals surface area contributed by atoms with Crippen molar-refractivity contribution in [2.24, 2.45) is 0 Å². The van der Waals surface area contributed by atoms with Crippen molar-refractivity contribution in [3.63, 3.8) is 0 Å². The Bertz CT molecular complexity index is 682. The number of hydrogen-bond donors (Lipinski definition) is 0. The van der Waals surface area contributed by atoms with Gasteiger partial charge in [-0.1, -0.05) is 12.7 Å². The molecule has 0 spiro atoms. The first kappa shape index (κ1) is 15.0. The minimum atomic E-state index is -4.87. The van der Waals surface area contributed by atoms with Crippen molar-refractivity contribution in [2.45, 2.75) is 6.18 Å². The Hall–Kier alpha value is -2.44. The molecule has 0 aliphatic carbocycles. The summed E-state index contributed by atoms with van der Waals surface area (Å²) < 4.78 is 69.3. The monoisotopic (exact) mass is 301 g/mol. The lowest BCUT2D eigenvalue weighted by Crippen LogP contribution is -2.08. The Balaban J connectivity index is 2.34. The molecule has 110 valence electrons. The number of aromatic nitrogens is 1. The van der Waals surface area contributed by atoms with Gasteiger partial charge in [0, 0.05) is 6.20 Å². The Labute approximate surface area is 116 Å². The highest BCUT2D eigenvalue weighted by Crippen LogP contribution is 2.34. The number of hydrogen-bond acceptors (Lipinski definition) is 2. The minimum Gasteiger partial charge on any atom is -0.436 e. The summed E-state index contributed by atoms with van der Waals surface area (Å²) in [7, 11) is 0. The number of halogens is 5. The van der Waals surface area contributed by atoms with Gasteiger partial charge in [0.25, 0.3) is 5.88 Å². The molecule has 0 N–H and O–H groups in total. The summed E-state index contributed by atoms with van der Waals surface area (Å²) in [6.45, 7) is 3.42. The smallest absolute Gasteiger partial charge is 0.419 e. The van der Waals surface area contributed by atoms with Crippen LogP contribution < -0.4 is 4.74 Å². The largest absolute Gasteiger partial charge is 0.436 e. The van der Waals surface area contributed by atoms with Crippen molar-refractivity contribution < 1.29 is 26.7 Å². The highest BCUT2D eigenvalue weighted by Gasteiger charge is 2.34. The molecule has 21 heavy (non-hydrogen) atoms. The van der Waals surface area contributed by atoms with E-state index in [0.29, 0.717) is 17.7 Å². The van der Waals surface area contributed by atoms with Crippen molar-refractivity contribution in [1.82, 2.24) is 4.98 Å². The molecule has 0 amide bonds. The normalized spacial score (nSPS) is 11.3. The van der Waals surface area contributed by atoms with Gasteiger partial charge in [-0.05, 0) is 29.8 Å². The third-order valence-electron chi connectivity index (χ3n) is 2.52. The predicted molar refractivity (Wildman–Crippen MR) is 65.8 cm³/mol. The zero-order chi connectivity index (χ0) is 15.6. The minimum absolute atomic E-state index is 0.374. The number of nitrogens with zero attached hydrogens (tertiary/aromatic N) is 1. The molecule has 0 bridgehead atoms. The van der Waals surface area contributed by atoms with E-state index in [1.54, 1.807) is 0 Å². The molecule has 2 rings (SSSR count). The van der Waals surface area contributed by atoms with Gasteiger partial charge in [0.2, 0.25) is 0 Å². The lowest BCUT2D eigenvalue weighted by Gasteiger charge is -2.11. The Morgan fingerprint density at radius 3 is 2.38 bits per heavy atom. The van der Waals surface area contributed by atoms with E-state index in [1.165, 1.54) is 12.3 Å². The van der Waals surface area contributed by atoms with Crippen molar-refractivity contribution in [2.75, 3.05) is 0 Å². The highest BCUT2D eigenvalue weighted by atomic mass is 19.4. The van der Waals surface area contributed by atoms with E-state index >= 15 is 0 Å². The van der Waals surface area contributed by atoms with Crippen molar-refractivity contribution in [3.05, 3.63) is 59.8 Å². The summed E-state index contributed by atoms with van der Waals surface area (Å²) in [6.07, 6.45) is -2.29. The molecule has 0 aliphatic heterocycles. The second-order valence-electron chi connectivity index (χ2n) is 4.00. The molecule has 7 heteroatoms. The Morgan fingerprint density at radius 2 is 1.81 bits per heavy atom. The van der Waals surface area contributed by atoms with Crippen LogP contribution in [0.4, 0.5) is 22.0 Å². The van der Waals surface area contributed by atoms with Crippen LogP contribution >= 0.6 is 0 Å². The fourth-order valence-corrected chi connectivity index (χ4v) is 1.52. The van der Waals surface area contributed by atoms with E-state index in [-0.39, 0.29) is 5.75 Å². The van der Waals surface area contributed by atoms with Crippen LogP contribution in [0.5, 0.6) is 11.6 Å². The maximum atomic E-state index is 13.6. The SMILES string of the molecule is C=Cc1cnc(Oc2ccc(F)c(C(F)(F)F)c2)c(F)c1. The highest BCUT2D eigenvalue weighted by molar-refractivity contribution is 5.46. The van der Waals surface area contributed by atoms with Crippen LogP contribution in [-0.2, 0) is 6.18 Å². The van der Waals surface area contributed by atoms with Crippen LogP contribution in [-0.4, -0.2) is 4.98 Å². The summed E-state index contributed by atoms with van der Waals surface area (Å²) >= 11 is 0. The summed E-state index contributed by atoms with van der Waals surface area (Å²) in [6, 6.07) is 3.04. The van der Waals surface area contributed by atoms with Gasteiger partial charge in [0.15, 0.2) is 5.82 Å². The molecule has 0 unspecified atom stereocenters. The summed E-state index contributed by atoms with van der Waals surface area (Å²) in [4.78, 5) is 3.62. The fraction of sp³-hybridized carbons (Fsp3) is 0.0714. The molecule has 1 aromatic carbocycles. The number of rotatable bonds is 3. The summed E-state index contributed by atoms with van der Waals surface area (Å²) in [5, 5.41) is 0. The Morgan fingerprint density at radius 1 is 1.10 bits per heavy atom. The molecule has 0 radical (unpaired) electrons. The van der Waals surface area contributed by atoms with Gasteiger partial charge in [-0.3, -0.25) is 0 Å². The Kier molecular flexibility index (Phi) is 3.93. The lowest BCUT2D eigenvalue weighted by molar-refractivity contribution is -0.140. The lowest BCUT2D eigenvalue weighted by atomic mass is 10.2. The number of benzene rings is 1. The van der Waals surface area contributed by atoms with Crippen molar-refractivity contribution >= 4 is 6.08 Å². The van der Waals surface area contributed by atoms with E-state index in [0.717, 1.165) is 12.1 Å². The van der Waals surface area contributed by atoms with Crippen LogP contribution in [0.1, 0.15) is 11.1 Å². The van der Waals surface area contributed by atoms with Crippen molar-refractivity contribution in [1.29, 1.82) is 0 Å². The van der Waals surface area contributed by atoms with Gasteiger partial charge in [0.1, 0.15) is 11.6 Å². The topological polar surface area (TPSA) is 22.1 Å². The van der Waals surface area contributed by atoms with Gasteiger partial charge in [-0.15, -0.1) is 0 Å². The zero-order valence-corrected chi connectivity index (χ0v) is 10.4. The first-order valence-corrected chi connectivity index (χ1v) is 5.64. The molecule has 0 saturated carbocycles. The molecule has 1 aromatic heterocycles. The second-order valence-corrected chi connectivity index (χ2v) is 4.00. The molecular weight excluding hydrogens is 293 g/mol. The molecule has 2 aromatic rings. The average molecular weight is 301 g/mol. The van der Waals surface area contributed by atoms with Gasteiger partial charge >= 0.3 is 6.18 Å². The molecule has 0 atom stereocenters. The zero-order valence-electron chi connectivity index (χ0n) is 10.4. The van der Waals surface area contributed by atoms with E-state index in [4.69, 9.17) is 4.74 Å². The molecule has 2 nitrogen and oxygen atoms in total. The third-order valence-corrected chi connectivity index (χ3v) is 2.52. The molecule has 1 heterocycles. The van der Waals surface area contributed by atoms with Crippen LogP contribution in [0, 0.1) is 11.6 Å². The number of alkyl halides is 3. The quantitative estimate of drug-likeness (QED) is 0.759. The van der Waals surface area contributed by atoms with E-state index in [2.05, 4.69) is 11.6 Å². The van der Waals surface area contributed by atoms with Gasteiger partial charge in [0.05, 0.1) is 5.56 Å². The van der Waals surface area contributed by atoms with Crippen LogP contribution in [0.15, 0.2) is 37.0 Å². The van der Waals surface area contributed by atoms with Gasteiger partial charge in [-0.25, -0.2) is 13.8 Å².